The average Bonchev–Trinajstić information content (AvgIpc) is 2.11. The molecule has 108 valence electrons. The molecule has 11 heteroatoms. The van der Waals surface area contributed by atoms with Gasteiger partial charge in [-0.2, -0.15) is 21.6 Å². The average molecular weight is 296 g/mol. The zero-order valence-electron chi connectivity index (χ0n) is 8.97. The Kier molecular flexibility index (Phi) is 13.1. The predicted molar refractivity (Wildman–Crippen MR) is 52.9 cm³/mol. The Morgan fingerprint density at radius 3 is 1.39 bits per heavy atom. The van der Waals surface area contributed by atoms with E-state index in [0.29, 0.717) is 0 Å². The molecule has 0 aliphatic heterocycles. The molecule has 0 amide bonds. The maximum Gasteiger partial charge on any atom is 0.522 e. The van der Waals surface area contributed by atoms with Gasteiger partial charge < -0.3 is 15.3 Å². The first-order valence-electron chi connectivity index (χ1n) is 3.80. The van der Waals surface area contributed by atoms with E-state index in [1.165, 1.54) is 0 Å². The third-order valence-electron chi connectivity index (χ3n) is 0.576. The standard InChI is InChI=1S/C4H6O2.C2H4O2.CHF3O3S/c5-3-1-2-4-6;1-2(3)4;2-1(3,4)8(5,6)7/h5-6H,3-4H2;1H3,(H,3,4);(H,5,6,7). The highest BCUT2D eigenvalue weighted by Gasteiger charge is 2.44. The molecule has 0 aliphatic rings. The summed E-state index contributed by atoms with van der Waals surface area (Å²) in [5.74, 6) is 3.67. The van der Waals surface area contributed by atoms with E-state index in [2.05, 4.69) is 11.8 Å². The first kappa shape index (κ1) is 21.9. The number of hydrogen-bond acceptors (Lipinski definition) is 5. The second-order valence-electron chi connectivity index (χ2n) is 2.11. The molecule has 0 atom stereocenters. The molecule has 0 heterocycles. The van der Waals surface area contributed by atoms with Crippen molar-refractivity contribution in [3.8, 4) is 11.8 Å². The Morgan fingerprint density at radius 1 is 1.17 bits per heavy atom. The normalized spacial score (nSPS) is 9.72. The van der Waals surface area contributed by atoms with Gasteiger partial charge in [-0.1, -0.05) is 11.8 Å². The lowest BCUT2D eigenvalue weighted by molar-refractivity contribution is -0.134. The van der Waals surface area contributed by atoms with Crippen molar-refractivity contribution >= 4 is 16.1 Å². The number of hydrogen-bond donors (Lipinski definition) is 4. The molecular weight excluding hydrogens is 285 g/mol. The minimum atomic E-state index is -5.84. The molecule has 0 rings (SSSR count). The summed E-state index contributed by atoms with van der Waals surface area (Å²) in [7, 11) is -5.84. The van der Waals surface area contributed by atoms with E-state index in [1.54, 1.807) is 0 Å². The summed E-state index contributed by atoms with van der Waals surface area (Å²) < 4.78 is 57.5. The van der Waals surface area contributed by atoms with Gasteiger partial charge in [-0.05, 0) is 0 Å². The van der Waals surface area contributed by atoms with E-state index in [9.17, 15) is 13.2 Å². The van der Waals surface area contributed by atoms with Crippen LogP contribution in [0.15, 0.2) is 0 Å². The van der Waals surface area contributed by atoms with Gasteiger partial charge in [0, 0.05) is 6.92 Å². The molecule has 0 unspecified atom stereocenters. The molecule has 18 heavy (non-hydrogen) atoms. The summed E-state index contributed by atoms with van der Waals surface area (Å²) in [5.41, 5.74) is -5.53. The largest absolute Gasteiger partial charge is 0.522 e. The van der Waals surface area contributed by atoms with Crippen LogP contribution in [0.5, 0.6) is 0 Å². The number of carboxylic acids is 1. The van der Waals surface area contributed by atoms with Gasteiger partial charge in [-0.25, -0.2) is 0 Å². The van der Waals surface area contributed by atoms with Crippen LogP contribution in [0, 0.1) is 11.8 Å². The SMILES string of the molecule is CC(=O)O.O=S(=O)(O)C(F)(F)F.OCC#CCO. The molecule has 0 radical (unpaired) electrons. The summed E-state index contributed by atoms with van der Waals surface area (Å²) in [6.45, 7) is 0.751. The summed E-state index contributed by atoms with van der Waals surface area (Å²) >= 11 is 0. The number of aliphatic hydroxyl groups excluding tert-OH is 2. The molecule has 0 fully saturated rings. The van der Waals surface area contributed by atoms with Crippen LogP contribution in [0.25, 0.3) is 0 Å². The van der Waals surface area contributed by atoms with Gasteiger partial charge in [0.05, 0.1) is 0 Å². The molecule has 0 aromatic rings. The van der Waals surface area contributed by atoms with E-state index >= 15 is 0 Å². The molecule has 0 saturated heterocycles. The monoisotopic (exact) mass is 296 g/mol. The number of halogens is 3. The minimum Gasteiger partial charge on any atom is -0.481 e. The van der Waals surface area contributed by atoms with Gasteiger partial charge >= 0.3 is 15.6 Å². The Bertz CT molecular complexity index is 364. The highest BCUT2D eigenvalue weighted by molar-refractivity contribution is 7.86. The second kappa shape index (κ2) is 10.8. The van der Waals surface area contributed by atoms with Crippen molar-refractivity contribution in [2.45, 2.75) is 12.4 Å². The smallest absolute Gasteiger partial charge is 0.481 e. The Morgan fingerprint density at radius 2 is 1.33 bits per heavy atom. The zero-order valence-corrected chi connectivity index (χ0v) is 9.79. The van der Waals surface area contributed by atoms with Gasteiger partial charge in [-0.3, -0.25) is 9.35 Å². The summed E-state index contributed by atoms with van der Waals surface area (Å²) in [6, 6.07) is 0. The quantitative estimate of drug-likeness (QED) is 0.268. The van der Waals surface area contributed by atoms with Gasteiger partial charge in [0.15, 0.2) is 0 Å². The number of carbonyl (C=O) groups is 1. The van der Waals surface area contributed by atoms with Crippen molar-refractivity contribution < 1.29 is 46.3 Å². The van der Waals surface area contributed by atoms with Gasteiger partial charge in [0.25, 0.3) is 5.97 Å². The fraction of sp³-hybridized carbons (Fsp3) is 0.571. The van der Waals surface area contributed by atoms with Gasteiger partial charge in [0.1, 0.15) is 13.2 Å². The number of alkyl halides is 3. The van der Waals surface area contributed by atoms with Crippen LogP contribution in [0.2, 0.25) is 0 Å². The lowest BCUT2D eigenvalue weighted by Crippen LogP contribution is -2.21. The molecule has 0 aromatic heterocycles. The van der Waals surface area contributed by atoms with Crippen LogP contribution in [-0.4, -0.2) is 53.0 Å². The number of carboxylic acid groups (broad SMARTS) is 1. The lowest BCUT2D eigenvalue weighted by Gasteiger charge is -1.97. The summed E-state index contributed by atoms with van der Waals surface area (Å²) in [4.78, 5) is 9.00. The van der Waals surface area contributed by atoms with E-state index in [1.807, 2.05) is 0 Å². The van der Waals surface area contributed by atoms with Crippen molar-refractivity contribution in [3.05, 3.63) is 0 Å². The predicted octanol–water partition coefficient (Wildman–Crippen LogP) is -0.541. The van der Waals surface area contributed by atoms with Crippen molar-refractivity contribution in [2.24, 2.45) is 0 Å². The lowest BCUT2D eigenvalue weighted by atomic mass is 10.6. The van der Waals surface area contributed by atoms with Crippen molar-refractivity contribution in [1.29, 1.82) is 0 Å². The van der Waals surface area contributed by atoms with Crippen LogP contribution in [0.4, 0.5) is 13.2 Å². The third-order valence-corrected chi connectivity index (χ3v) is 1.16. The van der Waals surface area contributed by atoms with E-state index in [4.69, 9.17) is 33.1 Å². The van der Waals surface area contributed by atoms with E-state index in [-0.39, 0.29) is 13.2 Å². The third kappa shape index (κ3) is 24.1. The fourth-order valence-corrected chi connectivity index (χ4v) is 0.112. The fourth-order valence-electron chi connectivity index (χ4n) is 0.112. The van der Waals surface area contributed by atoms with Crippen LogP contribution < -0.4 is 0 Å². The van der Waals surface area contributed by atoms with Crippen LogP contribution in [-0.2, 0) is 14.9 Å². The molecule has 0 spiro atoms. The number of aliphatic hydroxyl groups is 2. The zero-order chi connectivity index (χ0) is 15.4. The Hall–Kier alpha value is -1.35. The topological polar surface area (TPSA) is 132 Å². The summed E-state index contributed by atoms with van der Waals surface area (Å²) in [5, 5.41) is 23.2. The maximum absolute atomic E-state index is 10.7. The maximum atomic E-state index is 10.7. The molecule has 0 bridgehead atoms. The van der Waals surface area contributed by atoms with Crippen LogP contribution in [0.1, 0.15) is 6.92 Å². The second-order valence-corrected chi connectivity index (χ2v) is 3.52. The van der Waals surface area contributed by atoms with Crippen LogP contribution >= 0.6 is 0 Å². The Balaban J connectivity index is -0.000000200. The highest BCUT2D eigenvalue weighted by Crippen LogP contribution is 2.20. The molecule has 7 nitrogen and oxygen atoms in total. The molecule has 4 N–H and O–H groups in total. The number of rotatable bonds is 0. The van der Waals surface area contributed by atoms with Crippen molar-refractivity contribution in [3.63, 3.8) is 0 Å². The molecule has 0 aromatic carbocycles. The first-order valence-corrected chi connectivity index (χ1v) is 5.24. The minimum absolute atomic E-state index is 0.166. The van der Waals surface area contributed by atoms with E-state index in [0.717, 1.165) is 6.92 Å². The van der Waals surface area contributed by atoms with Crippen molar-refractivity contribution in [1.82, 2.24) is 0 Å². The summed E-state index contributed by atoms with van der Waals surface area (Å²) in [6.07, 6.45) is 0. The van der Waals surface area contributed by atoms with Crippen molar-refractivity contribution in [2.75, 3.05) is 13.2 Å². The van der Waals surface area contributed by atoms with Crippen LogP contribution in [0.3, 0.4) is 0 Å². The first-order chi connectivity index (χ1) is 7.90. The highest BCUT2D eigenvalue weighted by atomic mass is 32.2. The Labute approximate surface area is 101 Å². The molecular formula is C7H11F3O7S. The molecule has 0 saturated carbocycles. The molecule has 0 aliphatic carbocycles. The van der Waals surface area contributed by atoms with Gasteiger partial charge in [0.2, 0.25) is 0 Å². The van der Waals surface area contributed by atoms with Gasteiger partial charge in [-0.15, -0.1) is 0 Å². The van der Waals surface area contributed by atoms with E-state index < -0.39 is 21.6 Å². The number of aliphatic carboxylic acids is 1.